The third-order valence-corrected chi connectivity index (χ3v) is 3.81. The number of unbranched alkanes of at least 4 members (excludes halogenated alkanes) is 5. The number of hydrogen-bond acceptors (Lipinski definition) is 4. The molecule has 2 heterocycles. The second-order valence-electron chi connectivity index (χ2n) is 5.34. The molecule has 4 heteroatoms. The number of hydrogen-bond donors (Lipinski definition) is 1. The predicted molar refractivity (Wildman–Crippen MR) is 68.6 cm³/mol. The third-order valence-electron chi connectivity index (χ3n) is 3.81. The summed E-state index contributed by atoms with van der Waals surface area (Å²) in [5.74, 6) is 0. The van der Waals surface area contributed by atoms with Crippen LogP contribution in [0.2, 0.25) is 0 Å². The molecule has 0 aromatic rings. The predicted octanol–water partition coefficient (Wildman–Crippen LogP) is 1.89. The number of aliphatic hydroxyl groups is 1. The Morgan fingerprint density at radius 2 is 1.72 bits per heavy atom. The van der Waals surface area contributed by atoms with Crippen molar-refractivity contribution in [2.75, 3.05) is 19.8 Å². The molecule has 0 aliphatic carbocycles. The Hall–Kier alpha value is -0.160. The summed E-state index contributed by atoms with van der Waals surface area (Å²) in [4.78, 5) is 0. The molecule has 4 unspecified atom stereocenters. The molecular weight excluding hydrogens is 232 g/mol. The molecular formula is C14H26O4. The van der Waals surface area contributed by atoms with Crippen molar-refractivity contribution >= 4 is 0 Å². The molecule has 0 aromatic heterocycles. The Balaban J connectivity index is 1.52. The normalized spacial score (nSPS) is 35.0. The van der Waals surface area contributed by atoms with Crippen LogP contribution in [0.5, 0.6) is 0 Å². The molecule has 106 valence electrons. The zero-order valence-electron chi connectivity index (χ0n) is 11.3. The summed E-state index contributed by atoms with van der Waals surface area (Å²) in [7, 11) is 0. The van der Waals surface area contributed by atoms with Gasteiger partial charge < -0.3 is 19.3 Å². The maximum Gasteiger partial charge on any atom is 0.115 e. The van der Waals surface area contributed by atoms with E-state index in [2.05, 4.69) is 6.92 Å². The van der Waals surface area contributed by atoms with Crippen LogP contribution < -0.4 is 0 Å². The molecule has 2 saturated heterocycles. The summed E-state index contributed by atoms with van der Waals surface area (Å²) in [6, 6.07) is 0. The highest BCUT2D eigenvalue weighted by atomic mass is 16.6. The molecule has 2 fully saturated rings. The van der Waals surface area contributed by atoms with E-state index in [1.165, 1.54) is 32.1 Å². The van der Waals surface area contributed by atoms with E-state index in [0.717, 1.165) is 13.0 Å². The minimum absolute atomic E-state index is 0.0165. The molecule has 0 radical (unpaired) electrons. The van der Waals surface area contributed by atoms with Crippen molar-refractivity contribution in [3.05, 3.63) is 0 Å². The third kappa shape index (κ3) is 3.67. The molecule has 18 heavy (non-hydrogen) atoms. The first-order valence-corrected chi connectivity index (χ1v) is 7.35. The lowest BCUT2D eigenvalue weighted by Gasteiger charge is -2.16. The van der Waals surface area contributed by atoms with E-state index >= 15 is 0 Å². The van der Waals surface area contributed by atoms with Crippen molar-refractivity contribution in [1.82, 2.24) is 0 Å². The van der Waals surface area contributed by atoms with Crippen LogP contribution in [0.15, 0.2) is 0 Å². The van der Waals surface area contributed by atoms with Crippen molar-refractivity contribution in [3.8, 4) is 0 Å². The lowest BCUT2D eigenvalue weighted by Crippen LogP contribution is -2.33. The number of fused-ring (bicyclic) bond motifs is 1. The molecule has 4 nitrogen and oxygen atoms in total. The zero-order chi connectivity index (χ0) is 12.8. The summed E-state index contributed by atoms with van der Waals surface area (Å²) < 4.78 is 16.8. The Labute approximate surface area is 110 Å². The van der Waals surface area contributed by atoms with E-state index in [4.69, 9.17) is 14.2 Å². The molecule has 0 saturated carbocycles. The first kappa shape index (κ1) is 14.3. The van der Waals surface area contributed by atoms with E-state index in [0.29, 0.717) is 13.2 Å². The molecule has 0 bridgehead atoms. The lowest BCUT2D eigenvalue weighted by atomic mass is 10.1. The van der Waals surface area contributed by atoms with Gasteiger partial charge in [-0.15, -0.1) is 0 Å². The maximum absolute atomic E-state index is 9.60. The Morgan fingerprint density at radius 3 is 2.56 bits per heavy atom. The van der Waals surface area contributed by atoms with E-state index in [1.54, 1.807) is 0 Å². The van der Waals surface area contributed by atoms with Crippen LogP contribution in [0.25, 0.3) is 0 Å². The van der Waals surface area contributed by atoms with Crippen LogP contribution in [0, 0.1) is 0 Å². The minimum Gasteiger partial charge on any atom is -0.388 e. The van der Waals surface area contributed by atoms with E-state index in [-0.39, 0.29) is 18.3 Å². The molecule has 2 aliphatic heterocycles. The molecule has 4 atom stereocenters. The number of ether oxygens (including phenoxy) is 3. The van der Waals surface area contributed by atoms with Crippen molar-refractivity contribution in [2.45, 2.75) is 69.9 Å². The highest BCUT2D eigenvalue weighted by Crippen LogP contribution is 2.28. The Bertz CT molecular complexity index is 234. The number of aliphatic hydroxyl groups excluding tert-OH is 1. The van der Waals surface area contributed by atoms with Gasteiger partial charge in [-0.1, -0.05) is 39.0 Å². The monoisotopic (exact) mass is 258 g/mol. The van der Waals surface area contributed by atoms with Gasteiger partial charge in [-0.2, -0.15) is 0 Å². The molecule has 0 aromatic carbocycles. The fourth-order valence-corrected chi connectivity index (χ4v) is 2.70. The van der Waals surface area contributed by atoms with Gasteiger partial charge in [0.05, 0.1) is 13.2 Å². The lowest BCUT2D eigenvalue weighted by molar-refractivity contribution is -0.0378. The summed E-state index contributed by atoms with van der Waals surface area (Å²) in [6.45, 7) is 3.95. The van der Waals surface area contributed by atoms with Gasteiger partial charge in [0, 0.05) is 6.61 Å². The molecule has 0 amide bonds. The minimum atomic E-state index is -0.474. The van der Waals surface area contributed by atoms with E-state index in [9.17, 15) is 5.11 Å². The highest BCUT2D eigenvalue weighted by molar-refractivity contribution is 4.94. The second kappa shape index (κ2) is 7.43. The quantitative estimate of drug-likeness (QED) is 0.675. The van der Waals surface area contributed by atoms with Crippen molar-refractivity contribution in [2.24, 2.45) is 0 Å². The average molecular weight is 258 g/mol. The van der Waals surface area contributed by atoms with Gasteiger partial charge in [-0.05, 0) is 6.42 Å². The van der Waals surface area contributed by atoms with Crippen LogP contribution in [0.4, 0.5) is 0 Å². The summed E-state index contributed by atoms with van der Waals surface area (Å²) in [5, 5.41) is 9.60. The van der Waals surface area contributed by atoms with Crippen molar-refractivity contribution in [1.29, 1.82) is 0 Å². The maximum atomic E-state index is 9.60. The van der Waals surface area contributed by atoms with Gasteiger partial charge in [-0.25, -0.2) is 0 Å². The van der Waals surface area contributed by atoms with Crippen LogP contribution in [-0.4, -0.2) is 49.3 Å². The fraction of sp³-hybridized carbons (Fsp3) is 1.00. The average Bonchev–Trinajstić information content (AvgIpc) is 2.93. The van der Waals surface area contributed by atoms with Gasteiger partial charge in [0.1, 0.15) is 24.4 Å². The van der Waals surface area contributed by atoms with Gasteiger partial charge in [0.2, 0.25) is 0 Å². The molecule has 0 spiro atoms. The van der Waals surface area contributed by atoms with Gasteiger partial charge in [0.15, 0.2) is 0 Å². The smallest absolute Gasteiger partial charge is 0.115 e. The molecule has 1 N–H and O–H groups in total. The van der Waals surface area contributed by atoms with Crippen LogP contribution in [-0.2, 0) is 14.2 Å². The van der Waals surface area contributed by atoms with Crippen molar-refractivity contribution < 1.29 is 19.3 Å². The van der Waals surface area contributed by atoms with Gasteiger partial charge in [-0.3, -0.25) is 0 Å². The van der Waals surface area contributed by atoms with E-state index in [1.807, 2.05) is 0 Å². The number of rotatable bonds is 8. The molecule has 2 rings (SSSR count). The summed E-state index contributed by atoms with van der Waals surface area (Å²) in [5.41, 5.74) is 0. The zero-order valence-corrected chi connectivity index (χ0v) is 11.3. The van der Waals surface area contributed by atoms with Gasteiger partial charge in [0.25, 0.3) is 0 Å². The standard InChI is InChI=1S/C14H26O4/c1-2-3-4-5-6-7-8-16-12-10-18-13-11(15)9-17-14(12)13/h11-15H,2-10H2,1H3. The Morgan fingerprint density at radius 1 is 1.00 bits per heavy atom. The summed E-state index contributed by atoms with van der Waals surface area (Å²) >= 11 is 0. The van der Waals surface area contributed by atoms with E-state index < -0.39 is 6.10 Å². The second-order valence-corrected chi connectivity index (χ2v) is 5.34. The van der Waals surface area contributed by atoms with Crippen LogP contribution in [0.1, 0.15) is 45.4 Å². The highest BCUT2D eigenvalue weighted by Gasteiger charge is 2.47. The van der Waals surface area contributed by atoms with Crippen LogP contribution >= 0.6 is 0 Å². The topological polar surface area (TPSA) is 47.9 Å². The SMILES string of the molecule is CCCCCCCCOC1COC2C(O)COC12. The van der Waals surface area contributed by atoms with Crippen molar-refractivity contribution in [3.63, 3.8) is 0 Å². The Kier molecular flexibility index (Phi) is 5.89. The fourth-order valence-electron chi connectivity index (χ4n) is 2.70. The first-order chi connectivity index (χ1) is 8.83. The van der Waals surface area contributed by atoms with Gasteiger partial charge >= 0.3 is 0 Å². The summed E-state index contributed by atoms with van der Waals surface area (Å²) in [6.07, 6.45) is 6.94. The first-order valence-electron chi connectivity index (χ1n) is 7.35. The largest absolute Gasteiger partial charge is 0.388 e. The molecule has 2 aliphatic rings. The van der Waals surface area contributed by atoms with Crippen LogP contribution in [0.3, 0.4) is 0 Å².